The molecule has 2 aliphatic heterocycles. The van der Waals surface area contributed by atoms with Gasteiger partial charge in [0.25, 0.3) is 0 Å². The van der Waals surface area contributed by atoms with Crippen molar-refractivity contribution in [3.05, 3.63) is 65.2 Å². The standard InChI is InChI=1S/C40H58N6O5/c1-51-36-23-31(12-13-32(36)24-41)25-42-37(47)35-27-45(39(49)50)20-21-46(35)38(48)34(22-29-8-4-2-5-9-29)43-33-14-16-40(17-15-33)18-19-44(28-40)26-30-10-6-3-7-11-30/h3,6-7,10-13,23,29,33-35,43H,2,4-5,8-9,14-22,24-28,41H2,1H3,(H,42,47)(H,49,50)/t33?,34-,35+,40?/m1/s1. The minimum absolute atomic E-state index is 0.0517. The predicted molar refractivity (Wildman–Crippen MR) is 197 cm³/mol. The van der Waals surface area contributed by atoms with Crippen LogP contribution in [0.2, 0.25) is 0 Å². The molecule has 4 fully saturated rings. The van der Waals surface area contributed by atoms with Gasteiger partial charge in [0, 0.05) is 50.9 Å². The van der Waals surface area contributed by atoms with E-state index in [1.807, 2.05) is 18.2 Å². The number of rotatable bonds is 12. The topological polar surface area (TPSA) is 140 Å². The fourth-order valence-electron chi connectivity index (χ4n) is 9.11. The highest BCUT2D eigenvalue weighted by Crippen LogP contribution is 2.44. The molecular formula is C40H58N6O5. The average Bonchev–Trinajstić information content (AvgIpc) is 3.55. The Morgan fingerprint density at radius 1 is 0.961 bits per heavy atom. The summed E-state index contributed by atoms with van der Waals surface area (Å²) >= 11 is 0. The average molecular weight is 703 g/mol. The lowest BCUT2D eigenvalue weighted by atomic mass is 9.71. The number of benzene rings is 2. The van der Waals surface area contributed by atoms with E-state index in [9.17, 15) is 19.5 Å². The van der Waals surface area contributed by atoms with Gasteiger partial charge in [0.1, 0.15) is 11.8 Å². The molecule has 51 heavy (non-hydrogen) atoms. The summed E-state index contributed by atoms with van der Waals surface area (Å²) in [5, 5.41) is 16.7. The molecule has 11 heteroatoms. The number of methoxy groups -OCH3 is 1. The van der Waals surface area contributed by atoms with Crippen molar-refractivity contribution >= 4 is 17.9 Å². The Hall–Kier alpha value is -3.67. The first-order chi connectivity index (χ1) is 24.8. The molecule has 0 radical (unpaired) electrons. The molecule has 2 saturated carbocycles. The number of carboxylic acid groups (broad SMARTS) is 1. The maximum atomic E-state index is 14.6. The molecule has 2 aromatic carbocycles. The van der Waals surface area contributed by atoms with Gasteiger partial charge in [0.2, 0.25) is 11.8 Å². The highest BCUT2D eigenvalue weighted by atomic mass is 16.5. The quantitative estimate of drug-likeness (QED) is 0.249. The number of nitrogens with one attached hydrogen (secondary N) is 2. The number of likely N-dealkylation sites (tertiary alicyclic amines) is 1. The molecule has 2 atom stereocenters. The van der Waals surface area contributed by atoms with E-state index in [1.165, 1.54) is 36.1 Å². The third-order valence-electron chi connectivity index (χ3n) is 12.1. The van der Waals surface area contributed by atoms with Gasteiger partial charge in [-0.15, -0.1) is 0 Å². The summed E-state index contributed by atoms with van der Waals surface area (Å²) in [6.45, 7) is 4.15. The summed E-state index contributed by atoms with van der Waals surface area (Å²) < 4.78 is 5.47. The molecular weight excluding hydrogens is 644 g/mol. The number of nitrogens with two attached hydrogens (primary N) is 1. The molecule has 5 N–H and O–H groups in total. The predicted octanol–water partition coefficient (Wildman–Crippen LogP) is 4.72. The van der Waals surface area contributed by atoms with Gasteiger partial charge >= 0.3 is 6.09 Å². The lowest BCUT2D eigenvalue weighted by Gasteiger charge is -2.43. The van der Waals surface area contributed by atoms with Gasteiger partial charge in [0.05, 0.1) is 19.7 Å². The fraction of sp³-hybridized carbons (Fsp3) is 0.625. The molecule has 278 valence electrons. The van der Waals surface area contributed by atoms with E-state index in [0.717, 1.165) is 75.7 Å². The van der Waals surface area contributed by atoms with Crippen molar-refractivity contribution in [2.45, 2.75) is 108 Å². The van der Waals surface area contributed by atoms with Crippen molar-refractivity contribution in [3.63, 3.8) is 0 Å². The number of hydrogen-bond acceptors (Lipinski definition) is 7. The Morgan fingerprint density at radius 2 is 1.73 bits per heavy atom. The molecule has 6 rings (SSSR count). The maximum Gasteiger partial charge on any atom is 0.407 e. The molecule has 2 saturated heterocycles. The zero-order chi connectivity index (χ0) is 35.8. The summed E-state index contributed by atoms with van der Waals surface area (Å²) in [5.74, 6) is 0.692. The number of nitrogens with zero attached hydrogens (tertiary/aromatic N) is 3. The van der Waals surface area contributed by atoms with Crippen LogP contribution in [0, 0.1) is 11.3 Å². The van der Waals surface area contributed by atoms with Crippen LogP contribution in [0.3, 0.4) is 0 Å². The van der Waals surface area contributed by atoms with E-state index >= 15 is 0 Å². The van der Waals surface area contributed by atoms with Gasteiger partial charge in [-0.2, -0.15) is 0 Å². The van der Waals surface area contributed by atoms with Crippen molar-refractivity contribution in [1.82, 2.24) is 25.3 Å². The Labute approximate surface area is 303 Å². The van der Waals surface area contributed by atoms with Gasteiger partial charge in [-0.3, -0.25) is 14.5 Å². The summed E-state index contributed by atoms with van der Waals surface area (Å²) in [6, 6.07) is 15.3. The number of piperazine rings is 1. The highest BCUT2D eigenvalue weighted by molar-refractivity contribution is 5.90. The van der Waals surface area contributed by atoms with Crippen LogP contribution in [-0.4, -0.2) is 95.7 Å². The van der Waals surface area contributed by atoms with E-state index in [2.05, 4.69) is 45.9 Å². The molecule has 2 aliphatic carbocycles. The largest absolute Gasteiger partial charge is 0.496 e. The fourth-order valence-corrected chi connectivity index (χ4v) is 9.11. The molecule has 1 spiro atoms. The molecule has 2 aromatic rings. The SMILES string of the molecule is COc1cc(CNC(=O)[C@@H]2CN(C(=O)O)CCN2C(=O)[C@@H](CC2CCCCC2)NC2CCC3(CC2)CCN(Cc2ccccc2)C3)ccc1CN. The minimum atomic E-state index is -1.08. The van der Waals surface area contributed by atoms with Gasteiger partial charge in [-0.25, -0.2) is 4.79 Å². The van der Waals surface area contributed by atoms with E-state index in [-0.39, 0.29) is 44.0 Å². The molecule has 0 aromatic heterocycles. The first kappa shape index (κ1) is 37.1. The Kier molecular flexibility index (Phi) is 12.5. The zero-order valence-electron chi connectivity index (χ0n) is 30.4. The van der Waals surface area contributed by atoms with Crippen molar-refractivity contribution < 1.29 is 24.2 Å². The van der Waals surface area contributed by atoms with Crippen molar-refractivity contribution in [2.75, 3.05) is 39.8 Å². The second-order valence-corrected chi connectivity index (χ2v) is 15.5. The minimum Gasteiger partial charge on any atom is -0.496 e. The summed E-state index contributed by atoms with van der Waals surface area (Å²) in [5.41, 5.74) is 9.24. The second kappa shape index (κ2) is 17.2. The molecule has 0 unspecified atom stereocenters. The first-order valence-electron chi connectivity index (χ1n) is 19.2. The zero-order valence-corrected chi connectivity index (χ0v) is 30.4. The van der Waals surface area contributed by atoms with Gasteiger partial charge in [-0.05, 0) is 73.6 Å². The van der Waals surface area contributed by atoms with E-state index in [4.69, 9.17) is 10.5 Å². The smallest absolute Gasteiger partial charge is 0.407 e. The molecule has 3 amide bonds. The third-order valence-corrected chi connectivity index (χ3v) is 12.1. The third kappa shape index (κ3) is 9.42. The van der Waals surface area contributed by atoms with Crippen LogP contribution in [0.25, 0.3) is 0 Å². The van der Waals surface area contributed by atoms with Gasteiger partial charge < -0.3 is 36.0 Å². The maximum absolute atomic E-state index is 14.6. The van der Waals surface area contributed by atoms with Crippen LogP contribution >= 0.6 is 0 Å². The van der Waals surface area contributed by atoms with Crippen LogP contribution in [0.1, 0.15) is 87.3 Å². The number of carbonyl (C=O) groups excluding carboxylic acids is 2. The lowest BCUT2D eigenvalue weighted by Crippen LogP contribution is -2.64. The second-order valence-electron chi connectivity index (χ2n) is 15.5. The van der Waals surface area contributed by atoms with E-state index in [1.54, 1.807) is 12.0 Å². The summed E-state index contributed by atoms with van der Waals surface area (Å²) in [6.07, 6.45) is 11.2. The number of ether oxygens (including phenoxy) is 1. The number of carbonyl (C=O) groups is 3. The first-order valence-corrected chi connectivity index (χ1v) is 19.2. The Morgan fingerprint density at radius 3 is 2.43 bits per heavy atom. The van der Waals surface area contributed by atoms with Crippen LogP contribution in [0.15, 0.2) is 48.5 Å². The lowest BCUT2D eigenvalue weighted by molar-refractivity contribution is -0.145. The van der Waals surface area contributed by atoms with Crippen LogP contribution < -0.4 is 21.1 Å². The number of hydrogen-bond donors (Lipinski definition) is 4. The van der Waals surface area contributed by atoms with Crippen molar-refractivity contribution in [1.29, 1.82) is 0 Å². The van der Waals surface area contributed by atoms with Gasteiger partial charge in [0.15, 0.2) is 0 Å². The van der Waals surface area contributed by atoms with Crippen molar-refractivity contribution in [3.8, 4) is 5.75 Å². The number of amides is 3. The summed E-state index contributed by atoms with van der Waals surface area (Å²) in [7, 11) is 1.58. The Balaban J connectivity index is 1.12. The molecule has 11 nitrogen and oxygen atoms in total. The molecule has 0 bridgehead atoms. The highest BCUT2D eigenvalue weighted by Gasteiger charge is 2.43. The van der Waals surface area contributed by atoms with E-state index < -0.39 is 18.2 Å². The molecule has 2 heterocycles. The van der Waals surface area contributed by atoms with Crippen LogP contribution in [0.5, 0.6) is 5.75 Å². The van der Waals surface area contributed by atoms with Crippen molar-refractivity contribution in [2.24, 2.45) is 17.1 Å². The summed E-state index contributed by atoms with van der Waals surface area (Å²) in [4.78, 5) is 46.0. The van der Waals surface area contributed by atoms with Gasteiger partial charge in [-0.1, -0.05) is 74.6 Å². The normalized spacial score (nSPS) is 25.1. The van der Waals surface area contributed by atoms with Crippen LogP contribution in [0.4, 0.5) is 4.79 Å². The Bertz CT molecular complexity index is 1470. The van der Waals surface area contributed by atoms with Crippen LogP contribution in [-0.2, 0) is 29.2 Å². The monoisotopic (exact) mass is 702 g/mol. The van der Waals surface area contributed by atoms with E-state index in [0.29, 0.717) is 23.6 Å². The molecule has 4 aliphatic rings.